The Morgan fingerprint density at radius 2 is 0.537 bits per heavy atom. The van der Waals surface area contributed by atoms with Gasteiger partial charge in [0.25, 0.3) is 0 Å². The van der Waals surface area contributed by atoms with E-state index in [1.807, 2.05) is 43.3 Å². The van der Waals surface area contributed by atoms with Crippen LogP contribution in [0.5, 0.6) is 172 Å². The van der Waals surface area contributed by atoms with Gasteiger partial charge in [-0.2, -0.15) is 0 Å². The second-order valence-electron chi connectivity index (χ2n) is 32.0. The molecule has 1 aliphatic rings. The van der Waals surface area contributed by atoms with Crippen LogP contribution in [0.4, 0.5) is 0 Å². The molecule has 2 unspecified atom stereocenters. The smallest absolute Gasteiger partial charge is 0.343 e. The Kier molecular flexibility index (Phi) is 31.3. The van der Waals surface area contributed by atoms with E-state index in [0.29, 0.717) is 134 Å². The minimum atomic E-state index is -3.12. The van der Waals surface area contributed by atoms with Crippen LogP contribution in [-0.2, 0) is 50.0 Å². The number of hydrogen-bond donors (Lipinski definition) is 25. The van der Waals surface area contributed by atoms with Gasteiger partial charge in [-0.05, 0) is 147 Å². The second-order valence-corrected chi connectivity index (χ2v) is 32.0. The summed E-state index contributed by atoms with van der Waals surface area (Å²) < 4.78 is 66.6. The van der Waals surface area contributed by atoms with Gasteiger partial charge >= 0.3 is 65.7 Å². The lowest BCUT2D eigenvalue weighted by Gasteiger charge is -2.43. The highest BCUT2D eigenvalue weighted by atomic mass is 16.8. The predicted octanol–water partition coefficient (Wildman–Crippen LogP) is 9.11. The van der Waals surface area contributed by atoms with Crippen LogP contribution in [0, 0.1) is 5.92 Å². The van der Waals surface area contributed by atoms with Gasteiger partial charge in [-0.3, -0.25) is 4.79 Å². The van der Waals surface area contributed by atoms with Crippen molar-refractivity contribution >= 4 is 65.7 Å². The lowest BCUT2D eigenvalue weighted by atomic mass is 9.77. The van der Waals surface area contributed by atoms with Crippen LogP contribution < -0.4 is 23.7 Å². The molecule has 12 aromatic carbocycles. The third kappa shape index (κ3) is 23.7. The minimum Gasteiger partial charge on any atom is -0.504 e. The zero-order valence-corrected chi connectivity index (χ0v) is 75.6. The summed E-state index contributed by atoms with van der Waals surface area (Å²) in [6, 6.07) is 29.0. The van der Waals surface area contributed by atoms with Crippen molar-refractivity contribution in [2.24, 2.45) is 5.92 Å². The summed E-state index contributed by atoms with van der Waals surface area (Å²) in [5.41, 5.74) is -8.35. The fraction of sp³-hybridized carbons (Fsp3) is 0.153. The number of hydrogen-bond acceptors (Lipinski definition) is 49. The molecule has 0 aliphatic carbocycles. The Balaban J connectivity index is 0.000000668. The molecule has 7 atom stereocenters. The van der Waals surface area contributed by atoms with Crippen molar-refractivity contribution in [3.63, 3.8) is 0 Å². The number of rotatable bonds is 29. The number of phenols is 25. The Morgan fingerprint density at radius 3 is 0.810 bits per heavy atom. The molecule has 1 aliphatic heterocycles. The second kappa shape index (κ2) is 43.6. The van der Waals surface area contributed by atoms with Crippen molar-refractivity contribution in [2.45, 2.75) is 63.0 Å². The molecule has 13 rings (SSSR count). The van der Waals surface area contributed by atoms with Gasteiger partial charge < -0.3 is 189 Å². The highest BCUT2D eigenvalue weighted by Gasteiger charge is 2.56. The molecule has 0 aromatic heterocycles. The predicted molar refractivity (Wildman–Crippen MR) is 485 cm³/mol. The summed E-state index contributed by atoms with van der Waals surface area (Å²) in [6.07, 6.45) is -14.0. The number of carbonyl (C=O) groups is 11. The van der Waals surface area contributed by atoms with Gasteiger partial charge in [-0.15, -0.1) is 0 Å². The molecule has 49 heteroatoms. The fourth-order valence-corrected chi connectivity index (χ4v) is 14.2. The van der Waals surface area contributed by atoms with Crippen LogP contribution in [0.3, 0.4) is 0 Å². The van der Waals surface area contributed by atoms with Crippen LogP contribution in [0.2, 0.25) is 0 Å². The molecule has 0 radical (unpaired) electrons. The summed E-state index contributed by atoms with van der Waals surface area (Å²) in [4.78, 5) is 157. The number of aromatic hydroxyl groups is 25. The van der Waals surface area contributed by atoms with E-state index >= 15 is 14.4 Å². The lowest BCUT2D eigenvalue weighted by Crippen LogP contribution is -2.63. The standard InChI is InChI=1S/C76H52O46.C22H29NO2/c77-32-1-22(2-33(78)53(32)92)67(103)113-47-16-27(11-42(87)58(47)97)66(102)112-21-52-63(119-72(108)28-12-43(88)59(98)48(17-28)114-68(104)23-3-34(79)54(93)35(80)4-23)64(120-73(109)29-13-44(89)60(99)49(18-29)115-69(105)24-5-36(81)55(94)37(82)6-24)65(121-74(110)30-14-45(90)61(100)50(19-30)116-70(106)25-7-38(83)56(95)39(84)8-25)76(118-52)122-75(111)31-15-46(91)62(101)51(20-31)117-71(107)26-9-40(85)57(96)41(86)10-26;1-5-21(24)25-22(18(2)17-23(3)4,20-14-10-7-11-15-20)16-19-12-8-6-9-13-19/h1-20,52,63-65,76-101H,21H2;6-15,18H,5,16-17H2,1-4H3/t52-,63-,64+,65-,76+;/m1./s1. The van der Waals surface area contributed by atoms with E-state index in [1.165, 1.54) is 5.56 Å². The molecule has 1 saturated heterocycles. The largest absolute Gasteiger partial charge is 0.504 e. The quantitative estimate of drug-likeness (QED) is 0.00898. The van der Waals surface area contributed by atoms with E-state index in [2.05, 4.69) is 50.2 Å². The van der Waals surface area contributed by atoms with Crippen LogP contribution in [0.1, 0.15) is 135 Å². The maximum atomic E-state index is 15.3. The van der Waals surface area contributed by atoms with E-state index in [0.717, 1.165) is 12.1 Å². The van der Waals surface area contributed by atoms with Crippen molar-refractivity contribution in [3.05, 3.63) is 249 Å². The van der Waals surface area contributed by atoms with E-state index in [9.17, 15) is 166 Å². The summed E-state index contributed by atoms with van der Waals surface area (Å²) in [5, 5.41) is 261. The van der Waals surface area contributed by atoms with Gasteiger partial charge in [0.15, 0.2) is 156 Å². The molecule has 0 saturated carbocycles. The number of ether oxygens (including phenoxy) is 12. The van der Waals surface area contributed by atoms with Gasteiger partial charge in [0.05, 0.1) is 55.6 Å². The number of phenolic OH excluding ortho intramolecular Hbond substituents is 25. The average molecular weight is 2040 g/mol. The van der Waals surface area contributed by atoms with Crippen molar-refractivity contribution in [1.82, 2.24) is 4.90 Å². The SMILES string of the molecule is CCC(=O)OC(Cc1ccccc1)(c1ccccc1)C(C)CN(C)C.O=C(OC[C@H]1O[C@@H](OC(=O)c2cc(O)c(O)c(OC(=O)c3cc(O)c(O)c(O)c3)c2)[C@H](OC(=O)c2cc(O)c(O)c(OC(=O)c3cc(O)c(O)c(O)c3)c2)[C@@H](OC(=O)c2cc(O)c(O)c(OC(=O)c3cc(O)c(O)c(O)c3)c2)[C@@H]1OC(=O)c1cc(O)c(O)c(OC(=O)c2cc(O)c(O)c(O)c2)c1)c1cc(O)c(O)c(OC(=O)c2cc(O)c(O)c(O)c2)c1. The number of benzene rings is 12. The van der Waals surface area contributed by atoms with Crippen molar-refractivity contribution in [1.29, 1.82) is 0 Å². The third-order valence-electron chi connectivity index (χ3n) is 21.5. The molecule has 0 bridgehead atoms. The first kappa shape index (κ1) is 106. The summed E-state index contributed by atoms with van der Waals surface area (Å²) >= 11 is 0. The van der Waals surface area contributed by atoms with Crippen LogP contribution in [-0.4, -0.2) is 256 Å². The van der Waals surface area contributed by atoms with Gasteiger partial charge in [0.2, 0.25) is 41.1 Å². The number of esters is 11. The fourth-order valence-electron chi connectivity index (χ4n) is 14.2. The Hall–Kier alpha value is -20.3. The van der Waals surface area contributed by atoms with Crippen LogP contribution >= 0.6 is 0 Å². The molecular formula is C98H81NO48. The van der Waals surface area contributed by atoms with Gasteiger partial charge in [0, 0.05) is 25.3 Å². The zero-order valence-electron chi connectivity index (χ0n) is 75.6. The first-order chi connectivity index (χ1) is 69.3. The van der Waals surface area contributed by atoms with E-state index < -0.39 is 331 Å². The Morgan fingerprint density at radius 1 is 0.299 bits per heavy atom. The molecule has 1 fully saturated rings. The van der Waals surface area contributed by atoms with Crippen LogP contribution in [0.15, 0.2) is 182 Å². The average Bonchev–Trinajstić information content (AvgIpc) is 0.765. The molecular weight excluding hydrogens is 1960 g/mol. The highest BCUT2D eigenvalue weighted by molar-refractivity contribution is 6.00. The number of carbonyl (C=O) groups excluding carboxylic acids is 11. The van der Waals surface area contributed by atoms with Crippen molar-refractivity contribution < 1.29 is 237 Å². The van der Waals surface area contributed by atoms with Crippen LogP contribution in [0.25, 0.3) is 0 Å². The number of nitrogens with zero attached hydrogens (tertiary/aromatic N) is 1. The van der Waals surface area contributed by atoms with Crippen molar-refractivity contribution in [3.8, 4) is 172 Å². The van der Waals surface area contributed by atoms with Gasteiger partial charge in [-0.1, -0.05) is 74.5 Å². The molecule has 0 amide bonds. The molecule has 0 spiro atoms. The molecule has 25 N–H and O–H groups in total. The first-order valence-electron chi connectivity index (χ1n) is 42.1. The van der Waals surface area contributed by atoms with Gasteiger partial charge in [0.1, 0.15) is 18.3 Å². The van der Waals surface area contributed by atoms with E-state index in [1.54, 1.807) is 0 Å². The first-order valence-corrected chi connectivity index (χ1v) is 42.1. The molecule has 12 aromatic rings. The summed E-state index contributed by atoms with van der Waals surface area (Å²) in [6.45, 7) is 3.13. The molecule has 1 heterocycles. The van der Waals surface area contributed by atoms with Gasteiger partial charge in [-0.25, -0.2) is 47.9 Å². The maximum absolute atomic E-state index is 15.3. The topological polar surface area (TPSA) is 808 Å². The van der Waals surface area contributed by atoms with E-state index in [-0.39, 0.29) is 11.9 Å². The normalized spacial score (nSPS) is 14.7. The monoisotopic (exact) mass is 2040 g/mol. The Labute approximate surface area is 821 Å². The summed E-state index contributed by atoms with van der Waals surface area (Å²) in [5.74, 6) is -56.0. The Bertz CT molecular complexity index is 7130. The zero-order chi connectivity index (χ0) is 108. The summed E-state index contributed by atoms with van der Waals surface area (Å²) in [7, 11) is 4.10. The van der Waals surface area contributed by atoms with Crippen molar-refractivity contribution in [2.75, 3.05) is 27.2 Å². The third-order valence-corrected chi connectivity index (χ3v) is 21.5. The molecule has 49 nitrogen and oxygen atoms in total. The molecule has 147 heavy (non-hydrogen) atoms. The minimum absolute atomic E-state index is 0.139. The molecule has 766 valence electrons. The lowest BCUT2D eigenvalue weighted by molar-refractivity contribution is -0.282. The maximum Gasteiger partial charge on any atom is 0.343 e. The highest BCUT2D eigenvalue weighted by Crippen LogP contribution is 2.49. The van der Waals surface area contributed by atoms with E-state index in [4.69, 9.17) is 56.8 Å².